The number of aliphatic hydroxyl groups excluding tert-OH is 1. The highest BCUT2D eigenvalue weighted by Crippen LogP contribution is 2.22. The van der Waals surface area contributed by atoms with Crippen molar-refractivity contribution < 1.29 is 9.90 Å². The van der Waals surface area contributed by atoms with Gasteiger partial charge in [0.25, 0.3) is 0 Å². The molecule has 0 saturated carbocycles. The Hall–Kier alpha value is -0.610. The Labute approximate surface area is 91.4 Å². The first-order valence-corrected chi connectivity index (χ1v) is 5.72. The van der Waals surface area contributed by atoms with E-state index >= 15 is 0 Å². The quantitative estimate of drug-likeness (QED) is 0.693. The Balaban J connectivity index is 2.42. The fourth-order valence-corrected chi connectivity index (χ4v) is 2.24. The molecule has 15 heavy (non-hydrogen) atoms. The summed E-state index contributed by atoms with van der Waals surface area (Å²) in [5, 5.41) is 9.36. The number of nitrogens with two attached hydrogens (primary N) is 1. The van der Waals surface area contributed by atoms with Crippen LogP contribution in [-0.2, 0) is 4.79 Å². The van der Waals surface area contributed by atoms with Gasteiger partial charge in [0.15, 0.2) is 0 Å². The standard InChI is InChI=1S/C11H22N2O2/c1-8(11(12)15)7-13-5-3-4-10(13)6-9(2)14/h8-10,14H,3-7H2,1-2H3,(H2,12,15). The first-order valence-electron chi connectivity index (χ1n) is 5.72. The Kier molecular flexibility index (Phi) is 4.54. The summed E-state index contributed by atoms with van der Waals surface area (Å²) in [5.41, 5.74) is 5.25. The van der Waals surface area contributed by atoms with Crippen molar-refractivity contribution >= 4 is 5.91 Å². The highest BCUT2D eigenvalue weighted by molar-refractivity contribution is 5.76. The smallest absolute Gasteiger partial charge is 0.221 e. The number of rotatable bonds is 5. The highest BCUT2D eigenvalue weighted by atomic mass is 16.3. The van der Waals surface area contributed by atoms with Gasteiger partial charge in [0.2, 0.25) is 5.91 Å². The fraction of sp³-hybridized carbons (Fsp3) is 0.909. The normalized spacial score (nSPS) is 26.5. The second-order valence-electron chi connectivity index (χ2n) is 4.68. The topological polar surface area (TPSA) is 66.6 Å². The Morgan fingerprint density at radius 1 is 1.60 bits per heavy atom. The molecule has 1 rings (SSSR count). The van der Waals surface area contributed by atoms with Crippen LogP contribution in [0.25, 0.3) is 0 Å². The van der Waals surface area contributed by atoms with Crippen LogP contribution < -0.4 is 5.73 Å². The highest BCUT2D eigenvalue weighted by Gasteiger charge is 2.27. The van der Waals surface area contributed by atoms with Crippen LogP contribution in [0.1, 0.15) is 33.1 Å². The Bertz CT molecular complexity index is 219. The van der Waals surface area contributed by atoms with Crippen LogP contribution in [0.3, 0.4) is 0 Å². The fourth-order valence-electron chi connectivity index (χ4n) is 2.24. The van der Waals surface area contributed by atoms with Crippen molar-refractivity contribution in [2.75, 3.05) is 13.1 Å². The number of carbonyl (C=O) groups excluding carboxylic acids is 1. The molecule has 88 valence electrons. The second-order valence-corrected chi connectivity index (χ2v) is 4.68. The van der Waals surface area contributed by atoms with E-state index in [1.54, 1.807) is 0 Å². The first-order chi connectivity index (χ1) is 7.00. The number of hydrogen-bond donors (Lipinski definition) is 2. The molecule has 0 aromatic rings. The lowest BCUT2D eigenvalue weighted by Crippen LogP contribution is -2.38. The van der Waals surface area contributed by atoms with Gasteiger partial charge in [-0.3, -0.25) is 9.69 Å². The third-order valence-corrected chi connectivity index (χ3v) is 3.11. The monoisotopic (exact) mass is 214 g/mol. The molecule has 1 saturated heterocycles. The average Bonchev–Trinajstić information content (AvgIpc) is 2.51. The van der Waals surface area contributed by atoms with Gasteiger partial charge in [-0.05, 0) is 32.7 Å². The van der Waals surface area contributed by atoms with E-state index in [2.05, 4.69) is 4.90 Å². The molecular formula is C11H22N2O2. The summed E-state index contributed by atoms with van der Waals surface area (Å²) in [6.45, 7) is 5.43. The number of carbonyl (C=O) groups is 1. The van der Waals surface area contributed by atoms with Gasteiger partial charge in [0.05, 0.1) is 6.10 Å². The molecule has 1 fully saturated rings. The average molecular weight is 214 g/mol. The van der Waals surface area contributed by atoms with Gasteiger partial charge in [-0.15, -0.1) is 0 Å². The van der Waals surface area contributed by atoms with Gasteiger partial charge in [-0.2, -0.15) is 0 Å². The van der Waals surface area contributed by atoms with Crippen LogP contribution in [0.4, 0.5) is 0 Å². The lowest BCUT2D eigenvalue weighted by atomic mass is 10.1. The minimum absolute atomic E-state index is 0.0976. The van der Waals surface area contributed by atoms with Crippen molar-refractivity contribution in [2.45, 2.75) is 45.3 Å². The third-order valence-electron chi connectivity index (χ3n) is 3.11. The van der Waals surface area contributed by atoms with Crippen molar-refractivity contribution in [1.82, 2.24) is 4.90 Å². The van der Waals surface area contributed by atoms with Crippen LogP contribution in [-0.4, -0.2) is 41.1 Å². The zero-order valence-electron chi connectivity index (χ0n) is 9.65. The SMILES string of the molecule is CC(O)CC1CCCN1CC(C)C(N)=O. The van der Waals surface area contributed by atoms with Gasteiger partial charge < -0.3 is 10.8 Å². The van der Waals surface area contributed by atoms with E-state index in [-0.39, 0.29) is 17.9 Å². The predicted octanol–water partition coefficient (Wildman–Crippen LogP) is 0.343. The zero-order valence-corrected chi connectivity index (χ0v) is 9.65. The first kappa shape index (κ1) is 12.5. The van der Waals surface area contributed by atoms with Crippen molar-refractivity contribution in [3.8, 4) is 0 Å². The van der Waals surface area contributed by atoms with Gasteiger partial charge in [0, 0.05) is 18.5 Å². The van der Waals surface area contributed by atoms with Crippen LogP contribution in [0, 0.1) is 5.92 Å². The molecule has 0 aromatic carbocycles. The van der Waals surface area contributed by atoms with Crippen molar-refractivity contribution in [2.24, 2.45) is 11.7 Å². The molecule has 0 spiro atoms. The van der Waals surface area contributed by atoms with E-state index in [0.717, 1.165) is 32.4 Å². The molecule has 3 unspecified atom stereocenters. The van der Waals surface area contributed by atoms with Gasteiger partial charge in [0.1, 0.15) is 0 Å². The number of amides is 1. The number of nitrogens with zero attached hydrogens (tertiary/aromatic N) is 1. The van der Waals surface area contributed by atoms with Crippen LogP contribution in [0.5, 0.6) is 0 Å². The minimum atomic E-state index is -0.264. The molecule has 4 heteroatoms. The van der Waals surface area contributed by atoms with Crippen molar-refractivity contribution in [3.05, 3.63) is 0 Å². The number of likely N-dealkylation sites (tertiary alicyclic amines) is 1. The van der Waals surface area contributed by atoms with Crippen molar-refractivity contribution in [3.63, 3.8) is 0 Å². The van der Waals surface area contributed by atoms with E-state index in [0.29, 0.717) is 6.04 Å². The van der Waals surface area contributed by atoms with Crippen LogP contribution in [0.2, 0.25) is 0 Å². The summed E-state index contributed by atoms with van der Waals surface area (Å²) in [5.74, 6) is -0.336. The van der Waals surface area contributed by atoms with E-state index in [4.69, 9.17) is 5.73 Å². The molecule has 0 aliphatic carbocycles. The lowest BCUT2D eigenvalue weighted by Gasteiger charge is -2.27. The summed E-state index contributed by atoms with van der Waals surface area (Å²) >= 11 is 0. The predicted molar refractivity (Wildman–Crippen MR) is 59.3 cm³/mol. The summed E-state index contributed by atoms with van der Waals surface area (Å²) in [6.07, 6.45) is 2.81. The maximum Gasteiger partial charge on any atom is 0.221 e. The van der Waals surface area contributed by atoms with Crippen molar-refractivity contribution in [1.29, 1.82) is 0 Å². The Morgan fingerprint density at radius 2 is 2.27 bits per heavy atom. The molecule has 0 radical (unpaired) electrons. The summed E-state index contributed by atoms with van der Waals surface area (Å²) in [7, 11) is 0. The second kappa shape index (κ2) is 5.47. The van der Waals surface area contributed by atoms with Gasteiger partial charge in [-0.25, -0.2) is 0 Å². The molecule has 4 nitrogen and oxygen atoms in total. The summed E-state index contributed by atoms with van der Waals surface area (Å²) in [6, 6.07) is 0.423. The third kappa shape index (κ3) is 3.80. The zero-order chi connectivity index (χ0) is 11.4. The largest absolute Gasteiger partial charge is 0.393 e. The molecule has 1 amide bonds. The molecular weight excluding hydrogens is 192 g/mol. The van der Waals surface area contributed by atoms with Crippen LogP contribution >= 0.6 is 0 Å². The van der Waals surface area contributed by atoms with E-state index < -0.39 is 0 Å². The maximum absolute atomic E-state index is 11.0. The molecule has 1 heterocycles. The number of aliphatic hydroxyl groups is 1. The lowest BCUT2D eigenvalue weighted by molar-refractivity contribution is -0.121. The molecule has 1 aliphatic heterocycles. The molecule has 0 bridgehead atoms. The summed E-state index contributed by atoms with van der Waals surface area (Å²) < 4.78 is 0. The maximum atomic E-state index is 11.0. The number of primary amides is 1. The molecule has 3 atom stereocenters. The van der Waals surface area contributed by atoms with E-state index in [1.165, 1.54) is 0 Å². The minimum Gasteiger partial charge on any atom is -0.393 e. The molecule has 3 N–H and O–H groups in total. The van der Waals surface area contributed by atoms with E-state index in [1.807, 2.05) is 13.8 Å². The van der Waals surface area contributed by atoms with E-state index in [9.17, 15) is 9.90 Å². The van der Waals surface area contributed by atoms with Crippen LogP contribution in [0.15, 0.2) is 0 Å². The number of hydrogen-bond acceptors (Lipinski definition) is 3. The summed E-state index contributed by atoms with van der Waals surface area (Å²) in [4.78, 5) is 13.2. The van der Waals surface area contributed by atoms with Gasteiger partial charge in [-0.1, -0.05) is 6.92 Å². The molecule has 0 aromatic heterocycles. The molecule has 1 aliphatic rings. The Morgan fingerprint density at radius 3 is 2.80 bits per heavy atom. The van der Waals surface area contributed by atoms with Gasteiger partial charge >= 0.3 is 0 Å².